The Morgan fingerprint density at radius 3 is 2.33 bits per heavy atom. The van der Waals surface area contributed by atoms with Gasteiger partial charge in [-0.1, -0.05) is 42.2 Å². The van der Waals surface area contributed by atoms with Crippen molar-refractivity contribution in [3.05, 3.63) is 46.5 Å². The van der Waals surface area contributed by atoms with Gasteiger partial charge in [0.1, 0.15) is 42.0 Å². The predicted molar refractivity (Wildman–Crippen MR) is 122 cm³/mol. The molecular formula is C19H27B3O7S. The molecule has 2 unspecified atom stereocenters. The predicted octanol–water partition coefficient (Wildman–Crippen LogP) is -0.991. The molecule has 1 N–H and O–H groups in total. The fraction of sp³-hybridized carbons (Fsp3) is 0.474. The summed E-state index contributed by atoms with van der Waals surface area (Å²) in [4.78, 5) is 24.9. The number of benzene rings is 1. The van der Waals surface area contributed by atoms with E-state index in [2.05, 4.69) is 21.8 Å². The van der Waals surface area contributed by atoms with Crippen molar-refractivity contribution in [2.45, 2.75) is 37.9 Å². The second-order valence-electron chi connectivity index (χ2n) is 7.31. The molecule has 0 saturated heterocycles. The van der Waals surface area contributed by atoms with Crippen molar-refractivity contribution in [1.82, 2.24) is 0 Å². The van der Waals surface area contributed by atoms with E-state index in [1.54, 1.807) is 12.2 Å². The molecule has 1 aromatic carbocycles. The maximum atomic E-state index is 12.9. The summed E-state index contributed by atoms with van der Waals surface area (Å²) in [5, 5.41) is 0. The van der Waals surface area contributed by atoms with Crippen LogP contribution in [-0.4, -0.2) is 66.9 Å². The minimum Gasteiger partial charge on any atom is -0.464 e. The highest BCUT2D eigenvalue weighted by molar-refractivity contribution is 7.85. The zero-order valence-corrected chi connectivity index (χ0v) is 18.5. The van der Waals surface area contributed by atoms with E-state index >= 15 is 0 Å². The molecule has 0 aliphatic heterocycles. The van der Waals surface area contributed by atoms with Crippen molar-refractivity contribution in [2.24, 2.45) is 5.92 Å². The fourth-order valence-electron chi connectivity index (χ4n) is 3.56. The SMILES string of the molecule is BCc1cc(CB)c(CB)c(C(=O)OC2C=CC(C(=O)OCCS(=O)(=O)O)CC2)c1. The Kier molecular flexibility index (Phi) is 8.79. The first-order chi connectivity index (χ1) is 14.2. The minimum atomic E-state index is -4.17. The van der Waals surface area contributed by atoms with Gasteiger partial charge in [-0.05, 0) is 30.5 Å². The Morgan fingerprint density at radius 2 is 1.80 bits per heavy atom. The summed E-state index contributed by atoms with van der Waals surface area (Å²) >= 11 is 0. The van der Waals surface area contributed by atoms with Gasteiger partial charge in [0.25, 0.3) is 10.1 Å². The molecule has 7 nitrogen and oxygen atoms in total. The summed E-state index contributed by atoms with van der Waals surface area (Å²) in [6.45, 7) is -0.395. The van der Waals surface area contributed by atoms with Gasteiger partial charge in [-0.15, -0.1) is 0 Å². The largest absolute Gasteiger partial charge is 0.464 e. The molecule has 1 aliphatic rings. The van der Waals surface area contributed by atoms with Crippen molar-refractivity contribution < 1.29 is 32.0 Å². The fourth-order valence-corrected chi connectivity index (χ4v) is 3.86. The summed E-state index contributed by atoms with van der Waals surface area (Å²) in [5.41, 5.74) is 3.88. The van der Waals surface area contributed by atoms with Crippen LogP contribution in [0.3, 0.4) is 0 Å². The van der Waals surface area contributed by atoms with Crippen LogP contribution in [-0.2, 0) is 43.3 Å². The average Bonchev–Trinajstić information content (AvgIpc) is 2.72. The lowest BCUT2D eigenvalue weighted by Gasteiger charge is -2.23. The molecule has 0 heterocycles. The van der Waals surface area contributed by atoms with E-state index in [9.17, 15) is 18.0 Å². The molecule has 0 aromatic heterocycles. The minimum absolute atomic E-state index is 0.360. The molecular weight excluding hydrogens is 405 g/mol. The van der Waals surface area contributed by atoms with Gasteiger partial charge in [0.2, 0.25) is 0 Å². The van der Waals surface area contributed by atoms with E-state index in [0.717, 1.165) is 35.7 Å². The summed E-state index contributed by atoms with van der Waals surface area (Å²) < 4.78 is 40.6. The molecule has 1 aromatic rings. The van der Waals surface area contributed by atoms with Crippen molar-refractivity contribution >= 4 is 45.6 Å². The van der Waals surface area contributed by atoms with Crippen LogP contribution < -0.4 is 0 Å². The third kappa shape index (κ3) is 6.77. The van der Waals surface area contributed by atoms with E-state index in [1.807, 2.05) is 13.9 Å². The second-order valence-corrected chi connectivity index (χ2v) is 8.88. The van der Waals surface area contributed by atoms with Crippen molar-refractivity contribution in [3.63, 3.8) is 0 Å². The highest BCUT2D eigenvalue weighted by atomic mass is 32.2. The van der Waals surface area contributed by atoms with Crippen LogP contribution in [0.2, 0.25) is 0 Å². The maximum Gasteiger partial charge on any atom is 0.338 e. The first-order valence-corrected chi connectivity index (χ1v) is 11.9. The van der Waals surface area contributed by atoms with E-state index in [1.165, 1.54) is 0 Å². The number of hydrogen-bond donors (Lipinski definition) is 1. The molecule has 0 bridgehead atoms. The number of ether oxygens (including phenoxy) is 2. The van der Waals surface area contributed by atoms with Crippen molar-refractivity contribution in [1.29, 1.82) is 0 Å². The summed E-state index contributed by atoms with van der Waals surface area (Å²) in [7, 11) is 1.98. The maximum absolute atomic E-state index is 12.9. The van der Waals surface area contributed by atoms with Gasteiger partial charge < -0.3 is 9.47 Å². The Balaban J connectivity index is 2.01. The number of rotatable bonds is 9. The topological polar surface area (TPSA) is 107 Å². The van der Waals surface area contributed by atoms with Gasteiger partial charge in [-0.3, -0.25) is 9.35 Å². The molecule has 1 aliphatic carbocycles. The molecule has 160 valence electrons. The number of esters is 2. The second kappa shape index (κ2) is 10.9. The van der Waals surface area contributed by atoms with Crippen LogP contribution in [0.5, 0.6) is 0 Å². The average molecular weight is 432 g/mol. The van der Waals surface area contributed by atoms with Crippen molar-refractivity contribution in [3.8, 4) is 0 Å². The highest BCUT2D eigenvalue weighted by Gasteiger charge is 2.26. The number of carbonyl (C=O) groups is 2. The monoisotopic (exact) mass is 432 g/mol. The van der Waals surface area contributed by atoms with Gasteiger partial charge in [-0.25, -0.2) is 4.79 Å². The van der Waals surface area contributed by atoms with Gasteiger partial charge in [0.15, 0.2) is 0 Å². The first kappa shape index (κ1) is 24.3. The number of hydrogen-bond acceptors (Lipinski definition) is 6. The van der Waals surface area contributed by atoms with E-state index in [-0.39, 0.29) is 5.97 Å². The zero-order valence-electron chi connectivity index (χ0n) is 17.7. The van der Waals surface area contributed by atoms with Crippen LogP contribution >= 0.6 is 0 Å². The summed E-state index contributed by atoms with van der Waals surface area (Å²) in [6.07, 6.45) is 6.19. The molecule has 0 spiro atoms. The lowest BCUT2D eigenvalue weighted by molar-refractivity contribution is -0.146. The van der Waals surface area contributed by atoms with Crippen molar-refractivity contribution in [2.75, 3.05) is 12.4 Å². The Morgan fingerprint density at radius 1 is 1.07 bits per heavy atom. The van der Waals surface area contributed by atoms with Gasteiger partial charge >= 0.3 is 11.9 Å². The van der Waals surface area contributed by atoms with E-state index in [0.29, 0.717) is 18.4 Å². The van der Waals surface area contributed by atoms with Crippen LogP contribution in [0, 0.1) is 5.92 Å². The quantitative estimate of drug-likeness (QED) is 0.231. The molecule has 30 heavy (non-hydrogen) atoms. The van der Waals surface area contributed by atoms with Crippen LogP contribution in [0.25, 0.3) is 0 Å². The molecule has 0 radical (unpaired) electrons. The molecule has 0 amide bonds. The number of carbonyl (C=O) groups excluding carboxylic acids is 2. The Labute approximate surface area is 180 Å². The zero-order chi connectivity index (χ0) is 22.3. The van der Waals surface area contributed by atoms with E-state index < -0.39 is 40.5 Å². The highest BCUT2D eigenvalue weighted by Crippen LogP contribution is 2.24. The molecule has 0 fully saturated rings. The molecule has 0 saturated carbocycles. The molecule has 2 rings (SSSR count). The lowest BCUT2D eigenvalue weighted by Crippen LogP contribution is -2.26. The van der Waals surface area contributed by atoms with E-state index in [4.69, 9.17) is 14.0 Å². The third-order valence-corrected chi connectivity index (χ3v) is 5.91. The first-order valence-electron chi connectivity index (χ1n) is 10.3. The third-order valence-electron chi connectivity index (χ3n) is 5.23. The summed E-state index contributed by atoms with van der Waals surface area (Å²) in [6, 6.07) is 4.05. The Hall–Kier alpha value is -2.00. The summed E-state index contributed by atoms with van der Waals surface area (Å²) in [5.74, 6) is -2.08. The standard InChI is InChI=1S/C19H27B3O7S/c20-9-12-7-14(10-21)17(11-22)16(8-12)19(24)29-15-3-1-13(2-4-15)18(23)28-5-6-30(25,26)27/h1,3,7-8,13,15H,2,4-6,9-11,20-22H2,(H,25,26,27). The van der Waals surface area contributed by atoms with Gasteiger partial charge in [0.05, 0.1) is 11.5 Å². The normalized spacial score (nSPS) is 18.7. The smallest absolute Gasteiger partial charge is 0.338 e. The van der Waals surface area contributed by atoms with Gasteiger partial charge in [0, 0.05) is 0 Å². The lowest BCUT2D eigenvalue weighted by atomic mass is 9.81. The Bertz CT molecular complexity index is 915. The van der Waals surface area contributed by atoms with Crippen LogP contribution in [0.4, 0.5) is 0 Å². The molecule has 2 atom stereocenters. The van der Waals surface area contributed by atoms with Crippen LogP contribution in [0.15, 0.2) is 24.3 Å². The van der Waals surface area contributed by atoms with Gasteiger partial charge in [-0.2, -0.15) is 8.42 Å². The molecule has 11 heteroatoms. The van der Waals surface area contributed by atoms with Crippen LogP contribution in [0.1, 0.15) is 39.9 Å².